The van der Waals surface area contributed by atoms with Gasteiger partial charge in [-0.15, -0.1) is 0 Å². The van der Waals surface area contributed by atoms with Gasteiger partial charge in [-0.3, -0.25) is 14.4 Å². The van der Waals surface area contributed by atoms with Gasteiger partial charge in [-0.25, -0.2) is 9.97 Å². The Balaban J connectivity index is 1.57. The Morgan fingerprint density at radius 1 is 1.19 bits per heavy atom. The minimum atomic E-state index is -4.43. The molecule has 3 aromatic rings. The molecular formula is C25H26F3N5O4. The molecule has 2 aliphatic heterocycles. The molecule has 1 fully saturated rings. The van der Waals surface area contributed by atoms with Crippen molar-refractivity contribution in [3.8, 4) is 22.9 Å². The second-order valence-corrected chi connectivity index (χ2v) is 9.19. The lowest BCUT2D eigenvalue weighted by molar-refractivity contribution is -0.142. The zero-order chi connectivity index (χ0) is 26.3. The second kappa shape index (κ2) is 9.66. The largest absolute Gasteiger partial charge is 0.491 e. The van der Waals surface area contributed by atoms with Crippen LogP contribution in [0.3, 0.4) is 0 Å². The van der Waals surface area contributed by atoms with E-state index in [1.54, 1.807) is 18.3 Å². The molecule has 0 radical (unpaired) electrons. The summed E-state index contributed by atoms with van der Waals surface area (Å²) in [5.74, 6) is 0.646. The fourth-order valence-corrected chi connectivity index (χ4v) is 4.97. The van der Waals surface area contributed by atoms with E-state index in [1.165, 1.54) is 31.5 Å². The quantitative estimate of drug-likeness (QED) is 0.460. The summed E-state index contributed by atoms with van der Waals surface area (Å²) in [6, 6.07) is 3.08. The number of nitrogens with zero attached hydrogens (tertiary/aromatic N) is 5. The molecule has 1 saturated heterocycles. The van der Waals surface area contributed by atoms with Crippen molar-refractivity contribution in [3.05, 3.63) is 47.5 Å². The lowest BCUT2D eigenvalue weighted by atomic mass is 9.95. The van der Waals surface area contributed by atoms with Crippen molar-refractivity contribution in [1.29, 1.82) is 0 Å². The molecule has 0 bridgehead atoms. The third kappa shape index (κ3) is 4.85. The predicted molar refractivity (Wildman–Crippen MR) is 127 cm³/mol. The average molecular weight is 518 g/mol. The van der Waals surface area contributed by atoms with Gasteiger partial charge >= 0.3 is 6.18 Å². The monoisotopic (exact) mass is 517 g/mol. The van der Waals surface area contributed by atoms with Crippen LogP contribution in [0.15, 0.2) is 30.7 Å². The van der Waals surface area contributed by atoms with E-state index in [1.807, 2.05) is 6.92 Å². The summed E-state index contributed by atoms with van der Waals surface area (Å²) in [5, 5.41) is 3.86. The predicted octanol–water partition coefficient (Wildman–Crippen LogP) is 4.36. The number of rotatable bonds is 7. The first kappa shape index (κ1) is 25.0. The van der Waals surface area contributed by atoms with Gasteiger partial charge in [0.25, 0.3) is 11.8 Å². The van der Waals surface area contributed by atoms with E-state index in [4.69, 9.17) is 19.2 Å². The first-order valence-electron chi connectivity index (χ1n) is 11.8. The topological polar surface area (TPSA) is 91.6 Å². The maximum absolute atomic E-state index is 13.7. The first-order valence-corrected chi connectivity index (χ1v) is 11.8. The normalized spacial score (nSPS) is 19.4. The summed E-state index contributed by atoms with van der Waals surface area (Å²) in [7, 11) is 3.01. The summed E-state index contributed by atoms with van der Waals surface area (Å²) >= 11 is 0. The van der Waals surface area contributed by atoms with Gasteiger partial charge in [0.1, 0.15) is 6.54 Å². The van der Waals surface area contributed by atoms with Crippen LogP contribution in [0.1, 0.15) is 40.5 Å². The number of anilines is 1. The van der Waals surface area contributed by atoms with Gasteiger partial charge in [0.15, 0.2) is 5.75 Å². The van der Waals surface area contributed by atoms with Gasteiger partial charge in [0.2, 0.25) is 0 Å². The van der Waals surface area contributed by atoms with Crippen molar-refractivity contribution in [1.82, 2.24) is 19.7 Å². The number of halogens is 3. The second-order valence-electron chi connectivity index (χ2n) is 9.19. The summed E-state index contributed by atoms with van der Waals surface area (Å²) in [4.78, 5) is 24.4. The fraction of sp³-hybridized carbons (Fsp3) is 0.440. The molecule has 3 aromatic heterocycles. The average Bonchev–Trinajstić information content (AvgIpc) is 3.58. The molecule has 1 amide bonds. The molecule has 0 saturated carbocycles. The minimum absolute atomic E-state index is 0.185. The van der Waals surface area contributed by atoms with E-state index >= 15 is 0 Å². The smallest absolute Gasteiger partial charge is 0.408 e. The van der Waals surface area contributed by atoms with Crippen LogP contribution < -0.4 is 14.4 Å². The van der Waals surface area contributed by atoms with Gasteiger partial charge in [-0.1, -0.05) is 0 Å². The fourth-order valence-electron chi connectivity index (χ4n) is 4.97. The number of carbonyl (C=O) groups is 1. The van der Waals surface area contributed by atoms with Crippen LogP contribution in [-0.4, -0.2) is 59.3 Å². The van der Waals surface area contributed by atoms with Gasteiger partial charge < -0.3 is 14.2 Å². The molecule has 2 unspecified atom stereocenters. The lowest BCUT2D eigenvalue weighted by Crippen LogP contribution is -2.29. The van der Waals surface area contributed by atoms with Gasteiger partial charge in [0.05, 0.1) is 49.1 Å². The van der Waals surface area contributed by atoms with E-state index in [-0.39, 0.29) is 11.8 Å². The molecule has 0 N–H and O–H groups in total. The van der Waals surface area contributed by atoms with Crippen molar-refractivity contribution >= 4 is 11.6 Å². The third-order valence-electron chi connectivity index (χ3n) is 6.65. The number of alkyl halides is 3. The minimum Gasteiger partial charge on any atom is -0.491 e. The highest BCUT2D eigenvalue weighted by Crippen LogP contribution is 2.43. The molecule has 9 nitrogen and oxygen atoms in total. The highest BCUT2D eigenvalue weighted by Gasteiger charge is 2.43. The number of methoxy groups -OCH3 is 2. The standard InChI is InChI=1S/C25H26F3N5O4/c1-14-6-18(16-8-20(35-2)23(36-3)29-9-16)31-22-19(7-15-4-5-37-12-15)33(24(34)21(14)22)17-10-30-32(11-17)13-25(26,27)28/h6,8-11,15,19H,4-5,7,12-13H2,1-3H3. The van der Waals surface area contributed by atoms with E-state index in [0.29, 0.717) is 65.0 Å². The van der Waals surface area contributed by atoms with Crippen molar-refractivity contribution in [2.45, 2.75) is 38.5 Å². The number of fused-ring (bicyclic) bond motifs is 1. The molecule has 37 heavy (non-hydrogen) atoms. The van der Waals surface area contributed by atoms with Crippen LogP contribution in [0.25, 0.3) is 11.3 Å². The molecule has 0 spiro atoms. The van der Waals surface area contributed by atoms with Gasteiger partial charge in [0, 0.05) is 31.2 Å². The van der Waals surface area contributed by atoms with Crippen LogP contribution in [0.2, 0.25) is 0 Å². The van der Waals surface area contributed by atoms with Crippen molar-refractivity contribution in [2.24, 2.45) is 5.92 Å². The molecule has 12 heteroatoms. The zero-order valence-electron chi connectivity index (χ0n) is 20.6. The molecular weight excluding hydrogens is 491 g/mol. The Morgan fingerprint density at radius 2 is 2.00 bits per heavy atom. The summed E-state index contributed by atoms with van der Waals surface area (Å²) in [6.07, 6.45) is 1.13. The Bertz CT molecular complexity index is 1320. The molecule has 0 aromatic carbocycles. The summed E-state index contributed by atoms with van der Waals surface area (Å²) < 4.78 is 55.8. The Hall–Kier alpha value is -3.67. The van der Waals surface area contributed by atoms with Crippen LogP contribution in [0, 0.1) is 12.8 Å². The van der Waals surface area contributed by atoms with E-state index < -0.39 is 18.8 Å². The van der Waals surface area contributed by atoms with Crippen LogP contribution >= 0.6 is 0 Å². The molecule has 2 atom stereocenters. The number of hydrogen-bond acceptors (Lipinski definition) is 7. The number of hydrogen-bond donors (Lipinski definition) is 0. The maximum Gasteiger partial charge on any atom is 0.408 e. The SMILES string of the molecule is COc1cc(-c2cc(C)c3c(n2)C(CC2CCOC2)N(c2cnn(CC(F)(F)F)c2)C3=O)cnc1OC. The molecule has 0 aliphatic carbocycles. The number of ether oxygens (including phenoxy) is 3. The summed E-state index contributed by atoms with van der Waals surface area (Å²) in [5.41, 5.74) is 3.30. The summed E-state index contributed by atoms with van der Waals surface area (Å²) in [6.45, 7) is 1.77. The number of amides is 1. The molecule has 196 valence electrons. The van der Waals surface area contributed by atoms with Gasteiger partial charge in [-0.2, -0.15) is 18.3 Å². The van der Waals surface area contributed by atoms with E-state index in [9.17, 15) is 18.0 Å². The zero-order valence-corrected chi connectivity index (χ0v) is 20.6. The van der Waals surface area contributed by atoms with Crippen molar-refractivity contribution < 1.29 is 32.2 Å². The highest BCUT2D eigenvalue weighted by atomic mass is 19.4. The first-order chi connectivity index (χ1) is 17.7. The van der Waals surface area contributed by atoms with Crippen LogP contribution in [-0.2, 0) is 11.3 Å². The Labute approximate surface area is 211 Å². The number of pyridine rings is 2. The Morgan fingerprint density at radius 3 is 2.68 bits per heavy atom. The lowest BCUT2D eigenvalue weighted by Gasteiger charge is -2.25. The van der Waals surface area contributed by atoms with Crippen molar-refractivity contribution in [2.75, 3.05) is 32.3 Å². The van der Waals surface area contributed by atoms with Crippen molar-refractivity contribution in [3.63, 3.8) is 0 Å². The number of carbonyl (C=O) groups excluding carboxylic acids is 1. The maximum atomic E-state index is 13.7. The van der Waals surface area contributed by atoms with E-state index in [0.717, 1.165) is 11.1 Å². The van der Waals surface area contributed by atoms with Gasteiger partial charge in [-0.05, 0) is 43.4 Å². The third-order valence-corrected chi connectivity index (χ3v) is 6.65. The van der Waals surface area contributed by atoms with E-state index in [2.05, 4.69) is 10.1 Å². The molecule has 2 aliphatic rings. The van der Waals surface area contributed by atoms with Crippen LogP contribution in [0.4, 0.5) is 18.9 Å². The Kier molecular flexibility index (Phi) is 6.52. The highest BCUT2D eigenvalue weighted by molar-refractivity contribution is 6.11. The molecule has 5 rings (SSSR count). The number of aromatic nitrogens is 4. The van der Waals surface area contributed by atoms with Crippen LogP contribution in [0.5, 0.6) is 11.6 Å². The molecule has 5 heterocycles. The number of aryl methyl sites for hydroxylation is 1.